The molecule has 1 aromatic rings. The van der Waals surface area contributed by atoms with E-state index in [4.69, 9.17) is 16.7 Å². The highest BCUT2D eigenvalue weighted by Gasteiger charge is 2.48. The van der Waals surface area contributed by atoms with Crippen molar-refractivity contribution in [1.82, 2.24) is 0 Å². The number of rotatable bonds is 3. The van der Waals surface area contributed by atoms with Crippen molar-refractivity contribution in [2.24, 2.45) is 11.8 Å². The van der Waals surface area contributed by atoms with Crippen LogP contribution in [0.25, 0.3) is 6.08 Å². The number of benzene rings is 1. The number of carbonyl (C=O) groups excluding carboxylic acids is 2. The number of anilines is 1. The first-order chi connectivity index (χ1) is 11.0. The fourth-order valence-electron chi connectivity index (χ4n) is 3.02. The fourth-order valence-corrected chi connectivity index (χ4v) is 3.27. The second-order valence-corrected chi connectivity index (χ2v) is 6.07. The molecule has 2 amide bonds. The average Bonchev–Trinajstić information content (AvgIpc) is 2.76. The van der Waals surface area contributed by atoms with Gasteiger partial charge in [-0.3, -0.25) is 14.5 Å². The molecule has 1 saturated heterocycles. The van der Waals surface area contributed by atoms with Crippen molar-refractivity contribution < 1.29 is 19.5 Å². The van der Waals surface area contributed by atoms with Crippen molar-refractivity contribution in [2.75, 3.05) is 4.90 Å². The summed E-state index contributed by atoms with van der Waals surface area (Å²) in [7, 11) is 0. The lowest BCUT2D eigenvalue weighted by atomic mass is 9.85. The topological polar surface area (TPSA) is 74.7 Å². The molecule has 23 heavy (non-hydrogen) atoms. The Bertz CT molecular complexity index is 753. The van der Waals surface area contributed by atoms with Crippen molar-refractivity contribution in [2.45, 2.75) is 12.8 Å². The number of hydrogen-bond donors (Lipinski definition) is 1. The minimum Gasteiger partial charge on any atom is -0.478 e. The number of carbonyl (C=O) groups is 3. The van der Waals surface area contributed by atoms with Crippen molar-refractivity contribution in [3.63, 3.8) is 0 Å². The molecule has 1 N–H and O–H groups in total. The number of halogens is 1. The molecule has 6 heteroatoms. The van der Waals surface area contributed by atoms with Crippen LogP contribution in [0.15, 0.2) is 41.4 Å². The molecular weight excluding hydrogens is 318 g/mol. The first-order valence-corrected chi connectivity index (χ1v) is 7.58. The van der Waals surface area contributed by atoms with Gasteiger partial charge in [0, 0.05) is 11.1 Å². The van der Waals surface area contributed by atoms with E-state index >= 15 is 0 Å². The molecule has 1 fully saturated rings. The van der Waals surface area contributed by atoms with Crippen LogP contribution < -0.4 is 4.90 Å². The minimum atomic E-state index is -1.06. The smallest absolute Gasteiger partial charge is 0.328 e. The van der Waals surface area contributed by atoms with E-state index < -0.39 is 11.9 Å². The average molecular weight is 332 g/mol. The summed E-state index contributed by atoms with van der Waals surface area (Å²) in [4.78, 5) is 36.9. The summed E-state index contributed by atoms with van der Waals surface area (Å²) in [5.41, 5.74) is 1.06. The molecule has 0 spiro atoms. The number of imide groups is 1. The maximum atomic E-state index is 12.6. The molecule has 3 rings (SSSR count). The van der Waals surface area contributed by atoms with Crippen LogP contribution in [0.3, 0.4) is 0 Å². The van der Waals surface area contributed by atoms with Crippen LogP contribution >= 0.6 is 11.6 Å². The number of hydrogen-bond acceptors (Lipinski definition) is 3. The van der Waals surface area contributed by atoms with Gasteiger partial charge < -0.3 is 5.11 Å². The SMILES string of the molecule is O=C(O)/C=C/c1cccc(N2C(=O)C3CC=C(Cl)CC3C2=O)c1. The summed E-state index contributed by atoms with van der Waals surface area (Å²) in [6, 6.07) is 6.69. The zero-order chi connectivity index (χ0) is 16.6. The second-order valence-electron chi connectivity index (χ2n) is 5.58. The lowest BCUT2D eigenvalue weighted by Gasteiger charge is -2.17. The van der Waals surface area contributed by atoms with Crippen molar-refractivity contribution in [1.29, 1.82) is 0 Å². The predicted octanol–water partition coefficient (Wildman–Crippen LogP) is 2.81. The molecule has 1 heterocycles. The van der Waals surface area contributed by atoms with Crippen molar-refractivity contribution in [3.8, 4) is 0 Å². The number of nitrogens with zero attached hydrogens (tertiary/aromatic N) is 1. The van der Waals surface area contributed by atoms with Crippen LogP contribution in [0.5, 0.6) is 0 Å². The van der Waals surface area contributed by atoms with Gasteiger partial charge in [0.05, 0.1) is 17.5 Å². The largest absolute Gasteiger partial charge is 0.478 e. The highest BCUT2D eigenvalue weighted by atomic mass is 35.5. The van der Waals surface area contributed by atoms with Gasteiger partial charge in [-0.05, 0) is 36.6 Å². The van der Waals surface area contributed by atoms with Gasteiger partial charge in [0.2, 0.25) is 11.8 Å². The van der Waals surface area contributed by atoms with E-state index in [1.54, 1.807) is 30.3 Å². The predicted molar refractivity (Wildman–Crippen MR) is 85.8 cm³/mol. The molecule has 1 aliphatic carbocycles. The van der Waals surface area contributed by atoms with Crippen LogP contribution in [0.2, 0.25) is 0 Å². The monoisotopic (exact) mass is 331 g/mol. The first kappa shape index (κ1) is 15.5. The van der Waals surface area contributed by atoms with Gasteiger partial charge in [-0.2, -0.15) is 0 Å². The highest BCUT2D eigenvalue weighted by molar-refractivity contribution is 6.30. The zero-order valence-electron chi connectivity index (χ0n) is 12.1. The summed E-state index contributed by atoms with van der Waals surface area (Å²) < 4.78 is 0. The van der Waals surface area contributed by atoms with Crippen LogP contribution in [0.4, 0.5) is 5.69 Å². The number of carboxylic acids is 1. The van der Waals surface area contributed by atoms with Crippen LogP contribution in [0, 0.1) is 11.8 Å². The van der Waals surface area contributed by atoms with Crippen LogP contribution in [-0.2, 0) is 14.4 Å². The van der Waals surface area contributed by atoms with E-state index in [9.17, 15) is 14.4 Å². The van der Waals surface area contributed by atoms with Gasteiger partial charge in [-0.1, -0.05) is 29.8 Å². The molecule has 0 saturated carbocycles. The standard InChI is InChI=1S/C17H14ClNO4/c18-11-5-6-13-14(9-11)17(23)19(16(13)22)12-3-1-2-10(8-12)4-7-15(20)21/h1-5,7-8,13-14H,6,9H2,(H,20,21)/b7-4+. The Kier molecular flexibility index (Phi) is 4.05. The normalized spacial score (nSPS) is 24.0. The number of fused-ring (bicyclic) bond motifs is 1. The third kappa shape index (κ3) is 2.92. The van der Waals surface area contributed by atoms with Gasteiger partial charge in [-0.15, -0.1) is 0 Å². The van der Waals surface area contributed by atoms with Crippen LogP contribution in [0.1, 0.15) is 18.4 Å². The lowest BCUT2D eigenvalue weighted by Crippen LogP contribution is -2.30. The summed E-state index contributed by atoms with van der Waals surface area (Å²) in [6.07, 6.45) is 5.09. The van der Waals surface area contributed by atoms with E-state index in [0.717, 1.165) is 6.08 Å². The van der Waals surface area contributed by atoms with Gasteiger partial charge in [-0.25, -0.2) is 4.79 Å². The molecule has 118 valence electrons. The Morgan fingerprint density at radius 3 is 2.74 bits per heavy atom. The number of carboxylic acid groups (broad SMARTS) is 1. The summed E-state index contributed by atoms with van der Waals surface area (Å²) >= 11 is 6.00. The second kappa shape index (κ2) is 6.01. The van der Waals surface area contributed by atoms with Crippen molar-refractivity contribution >= 4 is 41.1 Å². The molecular formula is C17H14ClNO4. The highest BCUT2D eigenvalue weighted by Crippen LogP contribution is 2.40. The van der Waals surface area contributed by atoms with Gasteiger partial charge in [0.1, 0.15) is 0 Å². The summed E-state index contributed by atoms with van der Waals surface area (Å²) in [6.45, 7) is 0. The first-order valence-electron chi connectivity index (χ1n) is 7.21. The Hall–Kier alpha value is -2.40. The third-order valence-electron chi connectivity index (χ3n) is 4.12. The number of allylic oxidation sites excluding steroid dienone is 2. The lowest BCUT2D eigenvalue weighted by molar-refractivity contribution is -0.131. The van der Waals surface area contributed by atoms with Gasteiger partial charge in [0.25, 0.3) is 0 Å². The quantitative estimate of drug-likeness (QED) is 0.682. The molecule has 2 unspecified atom stereocenters. The Labute approximate surface area is 137 Å². The number of amides is 2. The molecule has 0 radical (unpaired) electrons. The van der Waals surface area contributed by atoms with Crippen molar-refractivity contribution in [3.05, 3.63) is 47.0 Å². The minimum absolute atomic E-state index is 0.222. The van der Waals surface area contributed by atoms with E-state index in [2.05, 4.69) is 0 Å². The number of aliphatic carboxylic acids is 1. The van der Waals surface area contributed by atoms with E-state index in [-0.39, 0.29) is 17.7 Å². The molecule has 5 nitrogen and oxygen atoms in total. The third-order valence-corrected chi connectivity index (χ3v) is 4.42. The summed E-state index contributed by atoms with van der Waals surface area (Å²) in [5, 5.41) is 9.30. The maximum absolute atomic E-state index is 12.6. The van der Waals surface area contributed by atoms with E-state index in [0.29, 0.717) is 29.1 Å². The molecule has 2 aliphatic rings. The Morgan fingerprint density at radius 1 is 1.26 bits per heavy atom. The van der Waals surface area contributed by atoms with Gasteiger partial charge >= 0.3 is 5.97 Å². The molecule has 0 bridgehead atoms. The summed E-state index contributed by atoms with van der Waals surface area (Å²) in [5.74, 6) is -2.29. The molecule has 2 atom stereocenters. The maximum Gasteiger partial charge on any atom is 0.328 e. The zero-order valence-corrected chi connectivity index (χ0v) is 12.9. The molecule has 1 aromatic carbocycles. The van der Waals surface area contributed by atoms with Crippen LogP contribution in [-0.4, -0.2) is 22.9 Å². The van der Waals surface area contributed by atoms with E-state index in [1.807, 2.05) is 0 Å². The fraction of sp³-hybridized carbons (Fsp3) is 0.235. The molecule has 1 aliphatic heterocycles. The Balaban J connectivity index is 1.91. The van der Waals surface area contributed by atoms with E-state index in [1.165, 1.54) is 11.0 Å². The molecule has 0 aromatic heterocycles. The van der Waals surface area contributed by atoms with Gasteiger partial charge in [0.15, 0.2) is 0 Å². The Morgan fingerprint density at radius 2 is 2.00 bits per heavy atom.